The van der Waals surface area contributed by atoms with Crippen LogP contribution in [0.15, 0.2) is 24.3 Å². The molecule has 1 aromatic carbocycles. The molecule has 0 amide bonds. The average Bonchev–Trinajstić information content (AvgIpc) is 2.50. The van der Waals surface area contributed by atoms with Crippen molar-refractivity contribution in [1.82, 2.24) is 0 Å². The molecule has 0 saturated heterocycles. The van der Waals surface area contributed by atoms with E-state index in [0.29, 0.717) is 18.9 Å². The molecule has 22 heavy (non-hydrogen) atoms. The number of aliphatic carboxylic acids is 1. The van der Waals surface area contributed by atoms with Gasteiger partial charge in [-0.05, 0) is 49.3 Å². The minimum absolute atomic E-state index is 0.249. The van der Waals surface area contributed by atoms with Crippen molar-refractivity contribution in [3.8, 4) is 5.75 Å². The van der Waals surface area contributed by atoms with Crippen molar-refractivity contribution >= 4 is 5.97 Å². The predicted octanol–water partition coefficient (Wildman–Crippen LogP) is 4.03. The number of ether oxygens (including phenoxy) is 2. The summed E-state index contributed by atoms with van der Waals surface area (Å²) in [5.41, 5.74) is 1.14. The molecule has 122 valence electrons. The van der Waals surface area contributed by atoms with Crippen LogP contribution >= 0.6 is 0 Å². The zero-order chi connectivity index (χ0) is 15.8. The highest BCUT2D eigenvalue weighted by molar-refractivity contribution is 5.66. The van der Waals surface area contributed by atoms with Gasteiger partial charge in [-0.2, -0.15) is 0 Å². The van der Waals surface area contributed by atoms with E-state index in [1.165, 1.54) is 0 Å². The Morgan fingerprint density at radius 3 is 2.55 bits per heavy atom. The summed E-state index contributed by atoms with van der Waals surface area (Å²) >= 11 is 0. The third-order valence-corrected chi connectivity index (χ3v) is 4.39. The van der Waals surface area contributed by atoms with E-state index in [0.717, 1.165) is 49.8 Å². The van der Waals surface area contributed by atoms with E-state index in [2.05, 4.69) is 0 Å². The molecular formula is C18H26O4. The van der Waals surface area contributed by atoms with Crippen LogP contribution < -0.4 is 4.74 Å². The summed E-state index contributed by atoms with van der Waals surface area (Å²) in [6.45, 7) is 0.609. The quantitative estimate of drug-likeness (QED) is 0.862. The first-order chi connectivity index (χ1) is 10.7. The first-order valence-corrected chi connectivity index (χ1v) is 8.13. The van der Waals surface area contributed by atoms with E-state index in [9.17, 15) is 4.79 Å². The Hall–Kier alpha value is -1.55. The highest BCUT2D eigenvalue weighted by atomic mass is 16.5. The number of methoxy groups -OCH3 is 1. The van der Waals surface area contributed by atoms with E-state index >= 15 is 0 Å². The SMILES string of the molecule is COc1ccc(COC2CCCCC(CC(=O)O)CC2)cc1. The van der Waals surface area contributed by atoms with Crippen molar-refractivity contribution in [2.75, 3.05) is 7.11 Å². The number of benzene rings is 1. The summed E-state index contributed by atoms with van der Waals surface area (Å²) in [6, 6.07) is 7.93. The lowest BCUT2D eigenvalue weighted by Gasteiger charge is -2.24. The summed E-state index contributed by atoms with van der Waals surface area (Å²) in [4.78, 5) is 10.9. The maximum Gasteiger partial charge on any atom is 0.303 e. The largest absolute Gasteiger partial charge is 0.497 e. The van der Waals surface area contributed by atoms with Gasteiger partial charge in [0.2, 0.25) is 0 Å². The minimum atomic E-state index is -0.679. The van der Waals surface area contributed by atoms with E-state index in [1.54, 1.807) is 7.11 Å². The van der Waals surface area contributed by atoms with Crippen molar-refractivity contribution in [3.05, 3.63) is 29.8 Å². The molecule has 2 unspecified atom stereocenters. The number of carboxylic acid groups (broad SMARTS) is 1. The monoisotopic (exact) mass is 306 g/mol. The Bertz CT molecular complexity index is 455. The maximum atomic E-state index is 10.9. The number of hydrogen-bond acceptors (Lipinski definition) is 3. The summed E-state index contributed by atoms with van der Waals surface area (Å²) in [7, 11) is 1.66. The molecule has 0 radical (unpaired) electrons. The van der Waals surface area contributed by atoms with Crippen molar-refractivity contribution in [2.45, 2.75) is 57.7 Å². The molecule has 2 rings (SSSR count). The second-order valence-corrected chi connectivity index (χ2v) is 6.11. The Kier molecular flexibility index (Phi) is 6.72. The fraction of sp³-hybridized carbons (Fsp3) is 0.611. The van der Waals surface area contributed by atoms with Crippen LogP contribution in [0.3, 0.4) is 0 Å². The Morgan fingerprint density at radius 2 is 1.86 bits per heavy atom. The lowest BCUT2D eigenvalue weighted by Crippen LogP contribution is -2.19. The number of hydrogen-bond donors (Lipinski definition) is 1. The molecule has 0 aliphatic heterocycles. The van der Waals surface area contributed by atoms with Crippen LogP contribution in [0, 0.1) is 5.92 Å². The van der Waals surface area contributed by atoms with Crippen LogP contribution in [0.25, 0.3) is 0 Å². The van der Waals surface area contributed by atoms with Gasteiger partial charge in [0.15, 0.2) is 0 Å². The Balaban J connectivity index is 1.79. The zero-order valence-electron chi connectivity index (χ0n) is 13.3. The molecular weight excluding hydrogens is 280 g/mol. The van der Waals surface area contributed by atoms with Crippen LogP contribution in [-0.4, -0.2) is 24.3 Å². The first kappa shape index (κ1) is 16.8. The molecule has 1 aliphatic rings. The highest BCUT2D eigenvalue weighted by Gasteiger charge is 2.19. The molecule has 2 atom stereocenters. The normalized spacial score (nSPS) is 22.6. The molecule has 1 fully saturated rings. The zero-order valence-corrected chi connectivity index (χ0v) is 13.3. The van der Waals surface area contributed by atoms with Crippen LogP contribution in [-0.2, 0) is 16.1 Å². The number of carbonyl (C=O) groups is 1. The van der Waals surface area contributed by atoms with Crippen molar-refractivity contribution in [1.29, 1.82) is 0 Å². The lowest BCUT2D eigenvalue weighted by atomic mass is 9.88. The van der Waals surface area contributed by atoms with E-state index in [-0.39, 0.29) is 6.10 Å². The average molecular weight is 306 g/mol. The van der Waals surface area contributed by atoms with Gasteiger partial charge >= 0.3 is 5.97 Å². The van der Waals surface area contributed by atoms with Crippen LogP contribution in [0.1, 0.15) is 50.5 Å². The molecule has 0 heterocycles. The number of carboxylic acids is 1. The third kappa shape index (κ3) is 5.68. The predicted molar refractivity (Wildman–Crippen MR) is 85.0 cm³/mol. The lowest BCUT2D eigenvalue weighted by molar-refractivity contribution is -0.138. The molecule has 0 spiro atoms. The van der Waals surface area contributed by atoms with E-state index in [4.69, 9.17) is 14.6 Å². The van der Waals surface area contributed by atoms with Crippen LogP contribution in [0.5, 0.6) is 5.75 Å². The molecule has 4 heteroatoms. The smallest absolute Gasteiger partial charge is 0.303 e. The summed E-state index contributed by atoms with van der Waals surface area (Å²) in [6.07, 6.45) is 6.83. The standard InChI is InChI=1S/C18H26O4/c1-21-16-9-7-15(8-10-16)13-22-17-5-3-2-4-14(6-11-17)12-18(19)20/h7-10,14,17H,2-6,11-13H2,1H3,(H,19,20). The first-order valence-electron chi connectivity index (χ1n) is 8.13. The number of rotatable bonds is 6. The fourth-order valence-corrected chi connectivity index (χ4v) is 3.07. The highest BCUT2D eigenvalue weighted by Crippen LogP contribution is 2.27. The third-order valence-electron chi connectivity index (χ3n) is 4.39. The van der Waals surface area contributed by atoms with Gasteiger partial charge in [-0.3, -0.25) is 4.79 Å². The summed E-state index contributed by atoms with van der Waals surface area (Å²) in [5, 5.41) is 8.95. The van der Waals surface area contributed by atoms with E-state index < -0.39 is 5.97 Å². The van der Waals surface area contributed by atoms with Gasteiger partial charge in [-0.15, -0.1) is 0 Å². The molecule has 1 aliphatic carbocycles. The Labute approximate surface area is 132 Å². The van der Waals surface area contributed by atoms with Crippen molar-refractivity contribution in [3.63, 3.8) is 0 Å². The van der Waals surface area contributed by atoms with Crippen molar-refractivity contribution in [2.24, 2.45) is 5.92 Å². The topological polar surface area (TPSA) is 55.8 Å². The van der Waals surface area contributed by atoms with Crippen LogP contribution in [0.2, 0.25) is 0 Å². The van der Waals surface area contributed by atoms with Gasteiger partial charge in [-0.1, -0.05) is 25.0 Å². The molecule has 4 nitrogen and oxygen atoms in total. The van der Waals surface area contributed by atoms with Crippen LogP contribution in [0.4, 0.5) is 0 Å². The van der Waals surface area contributed by atoms with Gasteiger partial charge in [0.05, 0.1) is 19.8 Å². The maximum absolute atomic E-state index is 10.9. The second kappa shape index (κ2) is 8.79. The minimum Gasteiger partial charge on any atom is -0.497 e. The fourth-order valence-electron chi connectivity index (χ4n) is 3.07. The van der Waals surface area contributed by atoms with Gasteiger partial charge in [0.1, 0.15) is 5.75 Å². The molecule has 1 saturated carbocycles. The molecule has 0 bridgehead atoms. The van der Waals surface area contributed by atoms with Crippen molar-refractivity contribution < 1.29 is 19.4 Å². The summed E-state index contributed by atoms with van der Waals surface area (Å²) in [5.74, 6) is 0.484. The second-order valence-electron chi connectivity index (χ2n) is 6.11. The van der Waals surface area contributed by atoms with E-state index in [1.807, 2.05) is 24.3 Å². The van der Waals surface area contributed by atoms with Gasteiger partial charge in [0, 0.05) is 6.42 Å². The van der Waals surface area contributed by atoms with Gasteiger partial charge in [0.25, 0.3) is 0 Å². The Morgan fingerprint density at radius 1 is 1.14 bits per heavy atom. The molecule has 1 N–H and O–H groups in total. The summed E-state index contributed by atoms with van der Waals surface area (Å²) < 4.78 is 11.2. The molecule has 0 aromatic heterocycles. The van der Waals surface area contributed by atoms with Gasteiger partial charge in [-0.25, -0.2) is 0 Å². The molecule has 1 aromatic rings. The van der Waals surface area contributed by atoms with Gasteiger partial charge < -0.3 is 14.6 Å².